The number of carbonyl (C=O) groups is 1. The molecule has 0 aliphatic carbocycles. The molecule has 1 fully saturated rings. The van der Waals surface area contributed by atoms with Crippen LogP contribution in [0.5, 0.6) is 0 Å². The van der Waals surface area contributed by atoms with E-state index >= 15 is 0 Å². The summed E-state index contributed by atoms with van der Waals surface area (Å²) in [6.07, 6.45) is 2.00. The SMILES string of the molecule is Cc1ccccc1-n1ncc(C(=O)NC2CCS(=O)(=O)C2)c1C. The number of hydrogen-bond donors (Lipinski definition) is 1. The van der Waals surface area contributed by atoms with Crippen LogP contribution in [0, 0.1) is 13.8 Å². The van der Waals surface area contributed by atoms with Crippen LogP contribution in [0.3, 0.4) is 0 Å². The topological polar surface area (TPSA) is 81.1 Å². The van der Waals surface area contributed by atoms with Crippen molar-refractivity contribution in [2.45, 2.75) is 26.3 Å². The van der Waals surface area contributed by atoms with E-state index < -0.39 is 9.84 Å². The molecule has 1 amide bonds. The summed E-state index contributed by atoms with van der Waals surface area (Å²) in [7, 11) is -3.01. The van der Waals surface area contributed by atoms with Crippen molar-refractivity contribution in [2.75, 3.05) is 11.5 Å². The van der Waals surface area contributed by atoms with E-state index in [2.05, 4.69) is 10.4 Å². The summed E-state index contributed by atoms with van der Waals surface area (Å²) in [5, 5.41) is 7.11. The predicted molar refractivity (Wildman–Crippen MR) is 87.6 cm³/mol. The zero-order valence-corrected chi connectivity index (χ0v) is 13.9. The van der Waals surface area contributed by atoms with Gasteiger partial charge in [-0.3, -0.25) is 4.79 Å². The van der Waals surface area contributed by atoms with E-state index in [1.165, 1.54) is 6.20 Å². The lowest BCUT2D eigenvalue weighted by atomic mass is 10.2. The lowest BCUT2D eigenvalue weighted by Crippen LogP contribution is -2.35. The molecule has 6 nitrogen and oxygen atoms in total. The van der Waals surface area contributed by atoms with Gasteiger partial charge < -0.3 is 5.32 Å². The molecule has 1 aromatic heterocycles. The fourth-order valence-electron chi connectivity index (χ4n) is 2.85. The van der Waals surface area contributed by atoms with Gasteiger partial charge >= 0.3 is 0 Å². The molecule has 0 radical (unpaired) electrons. The maximum atomic E-state index is 12.4. The van der Waals surface area contributed by atoms with Gasteiger partial charge in [0.05, 0.1) is 34.6 Å². The molecule has 23 heavy (non-hydrogen) atoms. The van der Waals surface area contributed by atoms with Gasteiger partial charge in [-0.05, 0) is 31.9 Å². The third-order valence-corrected chi connectivity index (χ3v) is 5.93. The normalized spacial score (nSPS) is 19.7. The molecule has 0 spiro atoms. The highest BCUT2D eigenvalue weighted by atomic mass is 32.2. The first-order valence-corrected chi connectivity index (χ1v) is 9.31. The number of carbonyl (C=O) groups excluding carboxylic acids is 1. The van der Waals surface area contributed by atoms with Crippen LogP contribution in [0.15, 0.2) is 30.5 Å². The van der Waals surface area contributed by atoms with Crippen molar-refractivity contribution in [1.82, 2.24) is 15.1 Å². The smallest absolute Gasteiger partial charge is 0.255 e. The van der Waals surface area contributed by atoms with Crippen LogP contribution in [0.1, 0.15) is 28.0 Å². The zero-order chi connectivity index (χ0) is 16.6. The number of rotatable bonds is 3. The molecule has 1 aromatic carbocycles. The van der Waals surface area contributed by atoms with Crippen molar-refractivity contribution >= 4 is 15.7 Å². The monoisotopic (exact) mass is 333 g/mol. The van der Waals surface area contributed by atoms with Crippen LogP contribution in [0.4, 0.5) is 0 Å². The summed E-state index contributed by atoms with van der Waals surface area (Å²) in [6, 6.07) is 7.49. The third kappa shape index (κ3) is 3.14. The zero-order valence-electron chi connectivity index (χ0n) is 13.1. The molecule has 1 aliphatic rings. The molecule has 3 rings (SSSR count). The van der Waals surface area contributed by atoms with E-state index in [4.69, 9.17) is 0 Å². The van der Waals surface area contributed by atoms with Gasteiger partial charge in [0.1, 0.15) is 0 Å². The third-order valence-electron chi connectivity index (χ3n) is 4.17. The molecule has 2 aromatic rings. The molecule has 2 heterocycles. The molecule has 0 saturated carbocycles. The van der Waals surface area contributed by atoms with E-state index in [1.54, 1.807) is 4.68 Å². The Bertz CT molecular complexity index is 855. The van der Waals surface area contributed by atoms with Crippen LogP contribution in [0.25, 0.3) is 5.69 Å². The molecule has 1 atom stereocenters. The molecular weight excluding hydrogens is 314 g/mol. The Kier molecular flexibility index (Phi) is 3.97. The van der Waals surface area contributed by atoms with E-state index in [-0.39, 0.29) is 23.5 Å². The van der Waals surface area contributed by atoms with Crippen molar-refractivity contribution in [3.63, 3.8) is 0 Å². The van der Waals surface area contributed by atoms with Crippen molar-refractivity contribution in [3.05, 3.63) is 47.3 Å². The summed E-state index contributed by atoms with van der Waals surface area (Å²) < 4.78 is 24.7. The number of amides is 1. The molecule has 1 N–H and O–H groups in total. The number of para-hydroxylation sites is 1. The summed E-state index contributed by atoms with van der Waals surface area (Å²) >= 11 is 0. The average molecular weight is 333 g/mol. The molecular formula is C16H19N3O3S. The lowest BCUT2D eigenvalue weighted by molar-refractivity contribution is 0.0940. The maximum Gasteiger partial charge on any atom is 0.255 e. The highest BCUT2D eigenvalue weighted by molar-refractivity contribution is 7.91. The second-order valence-corrected chi connectivity index (χ2v) is 8.14. The quantitative estimate of drug-likeness (QED) is 0.921. The van der Waals surface area contributed by atoms with Gasteiger partial charge in [-0.15, -0.1) is 0 Å². The number of aryl methyl sites for hydroxylation is 1. The number of nitrogens with zero attached hydrogens (tertiary/aromatic N) is 2. The average Bonchev–Trinajstić information content (AvgIpc) is 3.02. The second kappa shape index (κ2) is 5.81. The van der Waals surface area contributed by atoms with E-state index in [1.807, 2.05) is 38.1 Å². The molecule has 0 bridgehead atoms. The largest absolute Gasteiger partial charge is 0.348 e. The van der Waals surface area contributed by atoms with Crippen molar-refractivity contribution < 1.29 is 13.2 Å². The molecule has 1 saturated heterocycles. The first-order chi connectivity index (χ1) is 10.9. The standard InChI is InChI=1S/C16H19N3O3S/c1-11-5-3-4-6-15(11)19-12(2)14(9-17-19)16(20)18-13-7-8-23(21,22)10-13/h3-6,9,13H,7-8,10H2,1-2H3,(H,18,20). The molecule has 1 aliphatic heterocycles. The summed E-state index contributed by atoms with van der Waals surface area (Å²) in [5.74, 6) is -0.118. The highest BCUT2D eigenvalue weighted by Crippen LogP contribution is 2.18. The Hall–Kier alpha value is -2.15. The van der Waals surface area contributed by atoms with Crippen LogP contribution in [-0.2, 0) is 9.84 Å². The number of hydrogen-bond acceptors (Lipinski definition) is 4. The van der Waals surface area contributed by atoms with Gasteiger partial charge in [0.2, 0.25) is 0 Å². The first-order valence-electron chi connectivity index (χ1n) is 7.49. The number of benzene rings is 1. The summed E-state index contributed by atoms with van der Waals surface area (Å²) in [4.78, 5) is 12.4. The molecule has 122 valence electrons. The first kappa shape index (κ1) is 15.7. The van der Waals surface area contributed by atoms with Gasteiger partial charge in [-0.2, -0.15) is 5.10 Å². The minimum Gasteiger partial charge on any atom is -0.348 e. The highest BCUT2D eigenvalue weighted by Gasteiger charge is 2.29. The van der Waals surface area contributed by atoms with Crippen molar-refractivity contribution in [1.29, 1.82) is 0 Å². The number of aromatic nitrogens is 2. The van der Waals surface area contributed by atoms with Crippen LogP contribution in [-0.4, -0.2) is 41.7 Å². The second-order valence-electron chi connectivity index (χ2n) is 5.92. The number of sulfone groups is 1. The van der Waals surface area contributed by atoms with E-state index in [9.17, 15) is 13.2 Å². The summed E-state index contributed by atoms with van der Waals surface area (Å²) in [5.41, 5.74) is 3.19. The Labute approximate surface area is 135 Å². The minimum absolute atomic E-state index is 0.0176. The Morgan fingerprint density at radius 1 is 1.30 bits per heavy atom. The Morgan fingerprint density at radius 2 is 2.04 bits per heavy atom. The van der Waals surface area contributed by atoms with Gasteiger partial charge in [0, 0.05) is 6.04 Å². The molecule has 1 unspecified atom stereocenters. The molecule has 7 heteroatoms. The van der Waals surface area contributed by atoms with Gasteiger partial charge in [0.15, 0.2) is 9.84 Å². The van der Waals surface area contributed by atoms with Crippen molar-refractivity contribution in [3.8, 4) is 5.69 Å². The Balaban J connectivity index is 1.82. The van der Waals surface area contributed by atoms with E-state index in [0.717, 1.165) is 16.9 Å². The van der Waals surface area contributed by atoms with Crippen LogP contribution < -0.4 is 5.32 Å². The summed E-state index contributed by atoms with van der Waals surface area (Å²) in [6.45, 7) is 3.82. The number of nitrogens with one attached hydrogen (secondary N) is 1. The fourth-order valence-corrected chi connectivity index (χ4v) is 4.52. The van der Waals surface area contributed by atoms with Gasteiger partial charge in [-0.25, -0.2) is 13.1 Å². The van der Waals surface area contributed by atoms with Crippen molar-refractivity contribution in [2.24, 2.45) is 0 Å². The van der Waals surface area contributed by atoms with E-state index in [0.29, 0.717) is 12.0 Å². The van der Waals surface area contributed by atoms with Crippen LogP contribution >= 0.6 is 0 Å². The fraction of sp³-hybridized carbons (Fsp3) is 0.375. The maximum absolute atomic E-state index is 12.4. The van der Waals surface area contributed by atoms with Crippen LogP contribution in [0.2, 0.25) is 0 Å². The predicted octanol–water partition coefficient (Wildman–Crippen LogP) is 1.41. The lowest BCUT2D eigenvalue weighted by Gasteiger charge is -2.11. The Morgan fingerprint density at radius 3 is 2.70 bits per heavy atom. The van der Waals surface area contributed by atoms with Gasteiger partial charge in [0.25, 0.3) is 5.91 Å². The minimum atomic E-state index is -3.01. The van der Waals surface area contributed by atoms with Gasteiger partial charge in [-0.1, -0.05) is 18.2 Å².